The van der Waals surface area contributed by atoms with Gasteiger partial charge < -0.3 is 5.32 Å². The van der Waals surface area contributed by atoms with Gasteiger partial charge in [0.2, 0.25) is 0 Å². The molecule has 1 N–H and O–H groups in total. The standard InChI is InChI=1S/C18H25F3N2/c19-18(20,21)17-8-4-1-5-14(17)13-23(15-6-2-3-7-15)16-9-11-22-12-10-16/h1,4-5,8,15-16,22H,2-3,6-7,9-13H2. The van der Waals surface area contributed by atoms with E-state index in [0.717, 1.165) is 38.8 Å². The van der Waals surface area contributed by atoms with Gasteiger partial charge in [0.1, 0.15) is 0 Å². The minimum absolute atomic E-state index is 0.403. The summed E-state index contributed by atoms with van der Waals surface area (Å²) in [6, 6.07) is 6.91. The Morgan fingerprint density at radius 3 is 2.22 bits per heavy atom. The second-order valence-corrected chi connectivity index (χ2v) is 6.75. The monoisotopic (exact) mass is 326 g/mol. The molecule has 2 aliphatic rings. The van der Waals surface area contributed by atoms with Crippen LogP contribution in [0.25, 0.3) is 0 Å². The van der Waals surface area contributed by atoms with Gasteiger partial charge in [0, 0.05) is 18.6 Å². The highest BCUT2D eigenvalue weighted by Gasteiger charge is 2.35. The molecule has 1 saturated heterocycles. The van der Waals surface area contributed by atoms with Crippen LogP contribution in [0.5, 0.6) is 0 Å². The molecule has 0 bridgehead atoms. The quantitative estimate of drug-likeness (QED) is 0.892. The molecule has 0 unspecified atom stereocenters. The normalized spacial score (nSPS) is 21.2. The molecule has 1 aliphatic carbocycles. The van der Waals surface area contributed by atoms with Crippen LogP contribution < -0.4 is 5.32 Å². The summed E-state index contributed by atoms with van der Waals surface area (Å²) in [6.07, 6.45) is 2.44. The molecular formula is C18H25F3N2. The number of benzene rings is 1. The molecule has 128 valence electrons. The fourth-order valence-corrected chi connectivity index (χ4v) is 4.06. The van der Waals surface area contributed by atoms with E-state index in [9.17, 15) is 13.2 Å². The Labute approximate surface area is 136 Å². The van der Waals surface area contributed by atoms with Crippen LogP contribution in [-0.4, -0.2) is 30.1 Å². The summed E-state index contributed by atoms with van der Waals surface area (Å²) in [5.41, 5.74) is -0.0534. The van der Waals surface area contributed by atoms with Gasteiger partial charge >= 0.3 is 6.18 Å². The lowest BCUT2D eigenvalue weighted by Gasteiger charge is -2.39. The zero-order valence-corrected chi connectivity index (χ0v) is 13.4. The van der Waals surface area contributed by atoms with Crippen molar-refractivity contribution in [3.05, 3.63) is 35.4 Å². The van der Waals surface area contributed by atoms with E-state index in [2.05, 4.69) is 10.2 Å². The Balaban J connectivity index is 1.83. The van der Waals surface area contributed by atoms with Gasteiger partial charge in [-0.2, -0.15) is 13.2 Å². The van der Waals surface area contributed by atoms with Crippen molar-refractivity contribution in [2.24, 2.45) is 0 Å². The van der Waals surface area contributed by atoms with Crippen LogP contribution in [0.4, 0.5) is 13.2 Å². The summed E-state index contributed by atoms with van der Waals surface area (Å²) >= 11 is 0. The molecule has 1 aliphatic heterocycles. The number of alkyl halides is 3. The van der Waals surface area contributed by atoms with E-state index >= 15 is 0 Å². The summed E-state index contributed by atoms with van der Waals surface area (Å²) in [5.74, 6) is 0. The van der Waals surface area contributed by atoms with Crippen molar-refractivity contribution >= 4 is 0 Å². The fraction of sp³-hybridized carbons (Fsp3) is 0.667. The van der Waals surface area contributed by atoms with E-state index in [1.54, 1.807) is 12.1 Å². The van der Waals surface area contributed by atoms with Crippen LogP contribution in [0.3, 0.4) is 0 Å². The van der Waals surface area contributed by atoms with Gasteiger partial charge in [-0.3, -0.25) is 4.90 Å². The van der Waals surface area contributed by atoms with Gasteiger partial charge in [-0.25, -0.2) is 0 Å². The summed E-state index contributed by atoms with van der Waals surface area (Å²) in [7, 11) is 0. The molecule has 23 heavy (non-hydrogen) atoms. The van der Waals surface area contributed by atoms with Crippen LogP contribution in [0, 0.1) is 0 Å². The van der Waals surface area contributed by atoms with Crippen molar-refractivity contribution in [2.45, 2.75) is 63.3 Å². The minimum atomic E-state index is -4.27. The number of nitrogens with one attached hydrogen (secondary N) is 1. The number of hydrogen-bond acceptors (Lipinski definition) is 2. The molecule has 3 rings (SSSR count). The van der Waals surface area contributed by atoms with Crippen LogP contribution in [-0.2, 0) is 12.7 Å². The van der Waals surface area contributed by atoms with E-state index in [4.69, 9.17) is 0 Å². The predicted octanol–water partition coefficient (Wildman–Crippen LogP) is 4.20. The van der Waals surface area contributed by atoms with Gasteiger partial charge in [-0.1, -0.05) is 31.0 Å². The number of hydrogen-bond donors (Lipinski definition) is 1. The third kappa shape index (κ3) is 4.07. The lowest BCUT2D eigenvalue weighted by Crippen LogP contribution is -2.47. The number of nitrogens with zero attached hydrogens (tertiary/aromatic N) is 1. The third-order valence-electron chi connectivity index (χ3n) is 5.25. The second-order valence-electron chi connectivity index (χ2n) is 6.75. The lowest BCUT2D eigenvalue weighted by atomic mass is 9.99. The molecular weight excluding hydrogens is 301 g/mol. The average molecular weight is 326 g/mol. The number of halogens is 3. The van der Waals surface area contributed by atoms with E-state index in [-0.39, 0.29) is 0 Å². The molecule has 5 heteroatoms. The van der Waals surface area contributed by atoms with Crippen LogP contribution >= 0.6 is 0 Å². The van der Waals surface area contributed by atoms with E-state index in [1.165, 1.54) is 25.0 Å². The molecule has 1 aromatic carbocycles. The summed E-state index contributed by atoms with van der Waals surface area (Å²) in [5, 5.41) is 3.35. The lowest BCUT2D eigenvalue weighted by molar-refractivity contribution is -0.138. The van der Waals surface area contributed by atoms with Crippen molar-refractivity contribution < 1.29 is 13.2 Å². The van der Waals surface area contributed by atoms with Crippen molar-refractivity contribution in [1.29, 1.82) is 0 Å². The topological polar surface area (TPSA) is 15.3 Å². The van der Waals surface area contributed by atoms with Gasteiger partial charge in [-0.15, -0.1) is 0 Å². The molecule has 0 atom stereocenters. The SMILES string of the molecule is FC(F)(F)c1ccccc1CN(C1CCCC1)C1CCNCC1. The molecule has 0 spiro atoms. The maximum atomic E-state index is 13.3. The third-order valence-corrected chi connectivity index (χ3v) is 5.25. The Kier molecular flexibility index (Phi) is 5.27. The first-order valence-electron chi connectivity index (χ1n) is 8.67. The molecule has 1 aromatic rings. The largest absolute Gasteiger partial charge is 0.416 e. The molecule has 0 radical (unpaired) electrons. The molecule has 2 fully saturated rings. The first kappa shape index (κ1) is 16.8. The van der Waals surface area contributed by atoms with E-state index in [0.29, 0.717) is 24.2 Å². The zero-order valence-electron chi connectivity index (χ0n) is 13.4. The average Bonchev–Trinajstić information content (AvgIpc) is 3.07. The number of piperidine rings is 1. The smallest absolute Gasteiger partial charge is 0.317 e. The molecule has 0 amide bonds. The Bertz CT molecular complexity index is 503. The fourth-order valence-electron chi connectivity index (χ4n) is 4.06. The van der Waals surface area contributed by atoms with Crippen LogP contribution in [0.2, 0.25) is 0 Å². The molecule has 0 aromatic heterocycles. The summed E-state index contributed by atoms with van der Waals surface area (Å²) in [4.78, 5) is 2.37. The first-order valence-corrected chi connectivity index (χ1v) is 8.67. The Morgan fingerprint density at radius 2 is 1.57 bits per heavy atom. The van der Waals surface area contributed by atoms with Crippen molar-refractivity contribution in [3.8, 4) is 0 Å². The van der Waals surface area contributed by atoms with Gasteiger partial charge in [-0.05, 0) is 50.4 Å². The second kappa shape index (κ2) is 7.22. The van der Waals surface area contributed by atoms with Crippen LogP contribution in [0.15, 0.2) is 24.3 Å². The Morgan fingerprint density at radius 1 is 0.957 bits per heavy atom. The molecule has 1 saturated carbocycles. The van der Waals surface area contributed by atoms with Gasteiger partial charge in [0.25, 0.3) is 0 Å². The highest BCUT2D eigenvalue weighted by atomic mass is 19.4. The summed E-state index contributed by atoms with van der Waals surface area (Å²) < 4.78 is 39.9. The highest BCUT2D eigenvalue weighted by molar-refractivity contribution is 5.29. The maximum Gasteiger partial charge on any atom is 0.416 e. The highest BCUT2D eigenvalue weighted by Crippen LogP contribution is 2.35. The first-order chi connectivity index (χ1) is 11.1. The van der Waals surface area contributed by atoms with E-state index in [1.807, 2.05) is 0 Å². The van der Waals surface area contributed by atoms with Gasteiger partial charge in [0.05, 0.1) is 5.56 Å². The van der Waals surface area contributed by atoms with Crippen LogP contribution in [0.1, 0.15) is 49.7 Å². The predicted molar refractivity (Wildman–Crippen MR) is 85.1 cm³/mol. The maximum absolute atomic E-state index is 13.3. The van der Waals surface area contributed by atoms with Crippen molar-refractivity contribution in [1.82, 2.24) is 10.2 Å². The van der Waals surface area contributed by atoms with E-state index < -0.39 is 11.7 Å². The zero-order chi connectivity index (χ0) is 16.3. The molecule has 2 nitrogen and oxygen atoms in total. The minimum Gasteiger partial charge on any atom is -0.317 e. The van der Waals surface area contributed by atoms with Gasteiger partial charge in [0.15, 0.2) is 0 Å². The summed E-state index contributed by atoms with van der Waals surface area (Å²) in [6.45, 7) is 2.36. The molecule has 1 heterocycles. The Hall–Kier alpha value is -1.07. The number of rotatable bonds is 4. The van der Waals surface area contributed by atoms with Crippen molar-refractivity contribution in [2.75, 3.05) is 13.1 Å². The van der Waals surface area contributed by atoms with Crippen molar-refractivity contribution in [3.63, 3.8) is 0 Å².